The number of hydrogen-bond donors (Lipinski definition) is 0. The molecule has 0 unspecified atom stereocenters. The second-order valence-corrected chi connectivity index (χ2v) is 12.3. The summed E-state index contributed by atoms with van der Waals surface area (Å²) in [5.74, 6) is 3.02. The van der Waals surface area contributed by atoms with E-state index in [0.29, 0.717) is 28.8 Å². The topological polar surface area (TPSA) is 71.7 Å². The monoisotopic (exact) mass is 640 g/mol. The first kappa shape index (κ1) is 29.3. The van der Waals surface area contributed by atoms with E-state index >= 15 is 0 Å². The Bertz CT molecular complexity index is 2540. The van der Waals surface area contributed by atoms with E-state index in [0.717, 1.165) is 55.5 Å². The highest BCUT2D eigenvalue weighted by molar-refractivity contribution is 5.98. The summed E-state index contributed by atoms with van der Waals surface area (Å²) in [4.78, 5) is 15.3. The van der Waals surface area contributed by atoms with Crippen LogP contribution in [0.5, 0.6) is 11.5 Å². The van der Waals surface area contributed by atoms with Gasteiger partial charge in [-0.2, -0.15) is 5.26 Å². The zero-order chi connectivity index (χ0) is 33.5. The maximum Gasteiger partial charge on any atom is 0.167 e. The molecule has 0 saturated carbocycles. The zero-order valence-corrected chi connectivity index (χ0v) is 26.9. The van der Waals surface area contributed by atoms with Crippen molar-refractivity contribution >= 4 is 10.8 Å². The molecule has 5 heteroatoms. The van der Waals surface area contributed by atoms with Gasteiger partial charge in [0, 0.05) is 27.6 Å². The number of nitrogens with zero attached hydrogens (tertiary/aromatic N) is 4. The number of ether oxygens (including phenoxy) is 1. The first-order chi connectivity index (χ1) is 24.8. The third-order valence-corrected chi connectivity index (χ3v) is 9.53. The third kappa shape index (κ3) is 4.58. The van der Waals surface area contributed by atoms with Crippen LogP contribution >= 0.6 is 0 Å². The van der Waals surface area contributed by atoms with Crippen LogP contribution < -0.4 is 4.74 Å². The Kier molecular flexibility index (Phi) is 7.00. The van der Waals surface area contributed by atoms with Crippen LogP contribution in [0.2, 0.25) is 0 Å². The molecule has 2 heterocycles. The van der Waals surface area contributed by atoms with Crippen molar-refractivity contribution in [1.29, 1.82) is 5.26 Å². The first-order valence-corrected chi connectivity index (χ1v) is 16.5. The van der Waals surface area contributed by atoms with Crippen molar-refractivity contribution in [2.24, 2.45) is 0 Å². The lowest BCUT2D eigenvalue weighted by molar-refractivity contribution is 0.436. The van der Waals surface area contributed by atoms with Crippen molar-refractivity contribution in [3.63, 3.8) is 0 Å². The van der Waals surface area contributed by atoms with Crippen LogP contribution in [0, 0.1) is 11.3 Å². The van der Waals surface area contributed by atoms with Gasteiger partial charge in [-0.3, -0.25) is 0 Å². The lowest BCUT2D eigenvalue weighted by Gasteiger charge is -2.42. The van der Waals surface area contributed by atoms with Crippen LogP contribution in [0.3, 0.4) is 0 Å². The Labute approximate surface area is 289 Å². The summed E-state index contributed by atoms with van der Waals surface area (Å²) in [6.45, 7) is 0. The second kappa shape index (κ2) is 12.0. The Hall–Kier alpha value is -6.90. The predicted molar refractivity (Wildman–Crippen MR) is 197 cm³/mol. The standard InChI is InChI=1S/C45H28N4O/c46-29-31-27-28-36(35-22-11-10-21-34(31)35)43-47-42(30-15-4-1-5-16-30)48-44(49-43)37-23-14-25-39-41(37)50-40-26-13-12-24-38(40)45(39,32-17-6-2-7-18-32)33-19-8-3-9-20-33/h1-28H. The molecule has 7 aromatic carbocycles. The van der Waals surface area contributed by atoms with E-state index in [4.69, 9.17) is 19.7 Å². The molecule has 0 radical (unpaired) electrons. The smallest absolute Gasteiger partial charge is 0.167 e. The van der Waals surface area contributed by atoms with Gasteiger partial charge in [0.25, 0.3) is 0 Å². The van der Waals surface area contributed by atoms with Gasteiger partial charge in [-0.05, 0) is 40.8 Å². The molecule has 234 valence electrons. The van der Waals surface area contributed by atoms with Crippen LogP contribution in [0.4, 0.5) is 0 Å². The third-order valence-electron chi connectivity index (χ3n) is 9.53. The molecule has 0 N–H and O–H groups in total. The number of fused-ring (bicyclic) bond motifs is 3. The van der Waals surface area contributed by atoms with Crippen molar-refractivity contribution in [1.82, 2.24) is 15.0 Å². The molecule has 0 bridgehead atoms. The van der Waals surface area contributed by atoms with E-state index in [-0.39, 0.29) is 0 Å². The average molecular weight is 641 g/mol. The molecular formula is C45H28N4O. The summed E-state index contributed by atoms with van der Waals surface area (Å²) >= 11 is 0. The van der Waals surface area contributed by atoms with Crippen molar-refractivity contribution in [3.05, 3.63) is 198 Å². The molecule has 0 spiro atoms. The second-order valence-electron chi connectivity index (χ2n) is 12.3. The van der Waals surface area contributed by atoms with E-state index in [1.165, 1.54) is 0 Å². The lowest BCUT2D eigenvalue weighted by Crippen LogP contribution is -2.34. The maximum atomic E-state index is 9.87. The molecule has 1 aliphatic heterocycles. The minimum absolute atomic E-state index is 0.494. The summed E-state index contributed by atoms with van der Waals surface area (Å²) in [6, 6.07) is 59.7. The fraction of sp³-hybridized carbons (Fsp3) is 0.0222. The molecule has 8 aromatic rings. The lowest BCUT2D eigenvalue weighted by atomic mass is 9.63. The Morgan fingerprint density at radius 2 is 1.02 bits per heavy atom. The van der Waals surface area contributed by atoms with Gasteiger partial charge in [0.2, 0.25) is 0 Å². The molecular weight excluding hydrogens is 613 g/mol. The van der Waals surface area contributed by atoms with Gasteiger partial charge >= 0.3 is 0 Å². The van der Waals surface area contributed by atoms with Gasteiger partial charge in [-0.1, -0.05) is 146 Å². The molecule has 0 amide bonds. The number of aromatic nitrogens is 3. The number of nitriles is 1. The van der Waals surface area contributed by atoms with E-state index in [2.05, 4.69) is 91.0 Å². The Morgan fingerprint density at radius 1 is 0.460 bits per heavy atom. The van der Waals surface area contributed by atoms with Gasteiger partial charge in [0.05, 0.1) is 22.6 Å². The normalized spacial score (nSPS) is 12.7. The van der Waals surface area contributed by atoms with Crippen LogP contribution in [-0.4, -0.2) is 15.0 Å². The Balaban J connectivity index is 1.35. The van der Waals surface area contributed by atoms with Gasteiger partial charge in [-0.15, -0.1) is 0 Å². The molecule has 9 rings (SSSR count). The SMILES string of the molecule is N#Cc1ccc(-c2nc(-c3ccccc3)nc(-c3cccc4c3Oc3ccccc3C4(c3ccccc3)c3ccccc3)n2)c2ccccc12. The van der Waals surface area contributed by atoms with Crippen molar-refractivity contribution < 1.29 is 4.74 Å². The molecule has 50 heavy (non-hydrogen) atoms. The first-order valence-electron chi connectivity index (χ1n) is 16.5. The van der Waals surface area contributed by atoms with Crippen molar-refractivity contribution in [3.8, 4) is 51.7 Å². The van der Waals surface area contributed by atoms with E-state index < -0.39 is 5.41 Å². The van der Waals surface area contributed by atoms with Crippen molar-refractivity contribution in [2.75, 3.05) is 0 Å². The van der Waals surface area contributed by atoms with Gasteiger partial charge in [-0.25, -0.2) is 15.0 Å². The molecule has 0 saturated heterocycles. The van der Waals surface area contributed by atoms with Crippen LogP contribution in [0.15, 0.2) is 170 Å². The fourth-order valence-corrected chi connectivity index (χ4v) is 7.33. The summed E-state index contributed by atoms with van der Waals surface area (Å²) in [7, 11) is 0. The fourth-order valence-electron chi connectivity index (χ4n) is 7.33. The largest absolute Gasteiger partial charge is 0.456 e. The molecule has 0 atom stereocenters. The van der Waals surface area contributed by atoms with Gasteiger partial charge in [0.1, 0.15) is 11.5 Å². The minimum Gasteiger partial charge on any atom is -0.456 e. The van der Waals surface area contributed by atoms with Crippen LogP contribution in [0.25, 0.3) is 44.9 Å². The quantitative estimate of drug-likeness (QED) is 0.187. The van der Waals surface area contributed by atoms with Gasteiger partial charge < -0.3 is 4.74 Å². The van der Waals surface area contributed by atoms with Crippen molar-refractivity contribution in [2.45, 2.75) is 5.41 Å². The molecule has 1 aromatic heterocycles. The molecule has 0 aliphatic carbocycles. The number of benzene rings is 7. The highest BCUT2D eigenvalue weighted by Crippen LogP contribution is 2.57. The number of rotatable bonds is 5. The highest BCUT2D eigenvalue weighted by atomic mass is 16.5. The van der Waals surface area contributed by atoms with Gasteiger partial charge in [0.15, 0.2) is 17.5 Å². The average Bonchev–Trinajstić information content (AvgIpc) is 3.20. The predicted octanol–water partition coefficient (Wildman–Crippen LogP) is 10.4. The van der Waals surface area contributed by atoms with E-state index in [1.54, 1.807) is 0 Å². The highest BCUT2D eigenvalue weighted by Gasteiger charge is 2.46. The molecule has 5 nitrogen and oxygen atoms in total. The summed E-state index contributed by atoms with van der Waals surface area (Å²) in [5.41, 5.74) is 6.69. The number of hydrogen-bond acceptors (Lipinski definition) is 5. The van der Waals surface area contributed by atoms with Crippen LogP contribution in [0.1, 0.15) is 27.8 Å². The zero-order valence-electron chi connectivity index (χ0n) is 26.9. The molecule has 1 aliphatic rings. The Morgan fingerprint density at radius 3 is 1.72 bits per heavy atom. The van der Waals surface area contributed by atoms with E-state index in [9.17, 15) is 5.26 Å². The number of para-hydroxylation sites is 2. The minimum atomic E-state index is -0.676. The maximum absolute atomic E-state index is 9.87. The summed E-state index contributed by atoms with van der Waals surface area (Å²) in [6.07, 6.45) is 0. The van der Waals surface area contributed by atoms with Crippen LogP contribution in [-0.2, 0) is 5.41 Å². The summed E-state index contributed by atoms with van der Waals surface area (Å²) in [5, 5.41) is 11.6. The molecule has 0 fully saturated rings. The van der Waals surface area contributed by atoms with E-state index in [1.807, 2.05) is 84.9 Å². The summed E-state index contributed by atoms with van der Waals surface area (Å²) < 4.78 is 6.92.